The number of amides is 2. The first-order chi connectivity index (χ1) is 14.0. The lowest BCUT2D eigenvalue weighted by Gasteiger charge is -2.38. The van der Waals surface area contributed by atoms with Gasteiger partial charge in [-0.2, -0.15) is 43.9 Å². The molecule has 0 aromatic carbocycles. The second kappa shape index (κ2) is 8.32. The van der Waals surface area contributed by atoms with Gasteiger partial charge in [-0.3, -0.25) is 30.2 Å². The molecule has 0 radical (unpaired) electrons. The van der Waals surface area contributed by atoms with Gasteiger partial charge in [-0.05, 0) is 0 Å². The van der Waals surface area contributed by atoms with Crippen molar-refractivity contribution in [2.45, 2.75) is 29.6 Å². The van der Waals surface area contributed by atoms with Crippen LogP contribution in [0.2, 0.25) is 0 Å². The number of aliphatic imine (C=N–C) groups is 2. The molecule has 0 spiro atoms. The minimum atomic E-state index is -7.56. The number of halogens is 10. The van der Waals surface area contributed by atoms with E-state index in [4.69, 9.17) is 0 Å². The molecular weight excluding hydrogens is 498 g/mol. The summed E-state index contributed by atoms with van der Waals surface area (Å²) in [5, 5.41) is 0.708. The van der Waals surface area contributed by atoms with Gasteiger partial charge < -0.3 is 0 Å². The van der Waals surface area contributed by atoms with Crippen molar-refractivity contribution < 1.29 is 53.5 Å². The Morgan fingerprint density at radius 2 is 0.968 bits per heavy atom. The summed E-state index contributed by atoms with van der Waals surface area (Å²) in [7, 11) is 0. The Balaban J connectivity index is 2.33. The van der Waals surface area contributed by atoms with Crippen LogP contribution in [-0.4, -0.2) is 76.4 Å². The summed E-state index contributed by atoms with van der Waals surface area (Å²) in [5.41, 5.74) is 0. The number of nitrogens with one attached hydrogen (secondary N) is 2. The molecule has 0 aliphatic carbocycles. The second-order valence-electron chi connectivity index (χ2n) is 5.85. The normalized spacial score (nSPS) is 18.5. The Bertz CT molecular complexity index is 754. The Morgan fingerprint density at radius 1 is 0.645 bits per heavy atom. The third-order valence-corrected chi connectivity index (χ3v) is 5.54. The molecule has 31 heavy (non-hydrogen) atoms. The summed E-state index contributed by atoms with van der Waals surface area (Å²) >= 11 is 1.10. The quantitative estimate of drug-likeness (QED) is 0.541. The molecular formula is C13H10F10N4O2S2. The first-order valence-corrected chi connectivity index (χ1v) is 9.83. The van der Waals surface area contributed by atoms with Gasteiger partial charge in [0.1, 0.15) is 0 Å². The van der Waals surface area contributed by atoms with Crippen molar-refractivity contribution in [2.75, 3.05) is 24.6 Å². The zero-order valence-electron chi connectivity index (χ0n) is 14.6. The number of carbonyl (C=O) groups excluding carboxylic acids is 2. The van der Waals surface area contributed by atoms with Gasteiger partial charge in [0.25, 0.3) is 0 Å². The van der Waals surface area contributed by atoms with E-state index in [1.807, 2.05) is 0 Å². The van der Waals surface area contributed by atoms with Crippen LogP contribution in [0, 0.1) is 0 Å². The second-order valence-corrected chi connectivity index (χ2v) is 8.02. The fourth-order valence-electron chi connectivity index (χ4n) is 2.05. The summed E-state index contributed by atoms with van der Waals surface area (Å²) in [6.07, 6.45) is 0. The molecule has 0 atom stereocenters. The topological polar surface area (TPSA) is 82.9 Å². The first-order valence-electron chi connectivity index (χ1n) is 7.86. The Hall–Kier alpha value is -1.72. The van der Waals surface area contributed by atoms with Crippen LogP contribution in [0.15, 0.2) is 9.98 Å². The molecule has 2 aliphatic heterocycles. The van der Waals surface area contributed by atoms with Gasteiger partial charge in [0.2, 0.25) is 0 Å². The van der Waals surface area contributed by atoms with Crippen molar-refractivity contribution in [2.24, 2.45) is 9.98 Å². The molecule has 0 saturated heterocycles. The molecule has 0 saturated carbocycles. The molecule has 0 aromatic heterocycles. The molecule has 2 amide bonds. The van der Waals surface area contributed by atoms with Gasteiger partial charge in [-0.25, -0.2) is 0 Å². The van der Waals surface area contributed by atoms with Crippen LogP contribution >= 0.6 is 23.5 Å². The average molecular weight is 508 g/mol. The number of alkyl halides is 10. The fraction of sp³-hybridized carbons (Fsp3) is 0.692. The Morgan fingerprint density at radius 3 is 1.23 bits per heavy atom. The molecule has 18 heteroatoms. The lowest BCUT2D eigenvalue weighted by molar-refractivity contribution is -0.387. The third-order valence-electron chi connectivity index (χ3n) is 3.76. The van der Waals surface area contributed by atoms with Gasteiger partial charge in [0.15, 0.2) is 10.3 Å². The molecule has 6 nitrogen and oxygen atoms in total. The van der Waals surface area contributed by atoms with Crippen LogP contribution in [0.1, 0.15) is 0 Å². The van der Waals surface area contributed by atoms with E-state index in [1.165, 1.54) is 0 Å². The molecule has 2 heterocycles. The van der Waals surface area contributed by atoms with Crippen LogP contribution in [-0.2, 0) is 9.59 Å². The standard InChI is InChI=1S/C13H10F10N4O2S2/c14-9(15,5(28)26-7-24-1-3-30-7)11(18,19)13(22,23)12(20,21)10(16,17)6(29)27-8-25-2-4-31-8/h1-4H2,(H,24,26,28)(H,25,27,29). The van der Waals surface area contributed by atoms with E-state index in [9.17, 15) is 53.5 Å². The Kier molecular flexibility index (Phi) is 6.86. The molecule has 0 unspecified atom stereocenters. The minimum Gasteiger partial charge on any atom is -0.300 e. The predicted octanol–water partition coefficient (Wildman–Crippen LogP) is 2.60. The van der Waals surface area contributed by atoms with Crippen LogP contribution in [0.5, 0.6) is 0 Å². The molecule has 2 N–H and O–H groups in total. The van der Waals surface area contributed by atoms with E-state index in [-0.39, 0.29) is 24.6 Å². The highest BCUT2D eigenvalue weighted by Crippen LogP contribution is 2.57. The lowest BCUT2D eigenvalue weighted by atomic mass is 9.93. The zero-order chi connectivity index (χ0) is 23.9. The van der Waals surface area contributed by atoms with Gasteiger partial charge >= 0.3 is 41.4 Å². The average Bonchev–Trinajstić information content (AvgIpc) is 3.34. The van der Waals surface area contributed by atoms with Crippen molar-refractivity contribution in [1.82, 2.24) is 10.6 Å². The van der Waals surface area contributed by atoms with E-state index < -0.39 is 51.8 Å². The molecule has 0 aromatic rings. The smallest absolute Gasteiger partial charge is 0.300 e. The Labute approximate surface area is 174 Å². The van der Waals surface area contributed by atoms with Crippen molar-refractivity contribution in [3.63, 3.8) is 0 Å². The molecule has 176 valence electrons. The van der Waals surface area contributed by atoms with Gasteiger partial charge in [0.05, 0.1) is 13.1 Å². The molecule has 0 fully saturated rings. The van der Waals surface area contributed by atoms with Crippen LogP contribution < -0.4 is 10.6 Å². The highest BCUT2D eigenvalue weighted by atomic mass is 32.2. The SMILES string of the molecule is O=C(NC1=NCCS1)C(F)(F)C(F)(F)C(F)(F)C(F)(F)C(F)(F)C(=O)NC1=NCCS1. The number of thioether (sulfide) groups is 2. The number of hydrogen-bond acceptors (Lipinski definition) is 6. The van der Waals surface area contributed by atoms with Crippen molar-refractivity contribution in [3.05, 3.63) is 0 Å². The molecule has 2 rings (SSSR count). The zero-order valence-corrected chi connectivity index (χ0v) is 16.3. The van der Waals surface area contributed by atoms with E-state index in [1.54, 1.807) is 0 Å². The number of amidine groups is 2. The number of nitrogens with zero attached hydrogens (tertiary/aromatic N) is 2. The first kappa shape index (κ1) is 25.5. The van der Waals surface area contributed by atoms with Crippen molar-refractivity contribution in [3.8, 4) is 0 Å². The van der Waals surface area contributed by atoms with Crippen LogP contribution in [0.25, 0.3) is 0 Å². The minimum absolute atomic E-state index is 0.0542. The fourth-order valence-corrected chi connectivity index (χ4v) is 3.50. The van der Waals surface area contributed by atoms with E-state index >= 15 is 0 Å². The van der Waals surface area contributed by atoms with Gasteiger partial charge in [-0.15, -0.1) is 0 Å². The van der Waals surface area contributed by atoms with Gasteiger partial charge in [-0.1, -0.05) is 23.5 Å². The van der Waals surface area contributed by atoms with E-state index in [2.05, 4.69) is 9.98 Å². The maximum Gasteiger partial charge on any atom is 0.393 e. The van der Waals surface area contributed by atoms with Crippen LogP contribution in [0.4, 0.5) is 43.9 Å². The van der Waals surface area contributed by atoms with Crippen molar-refractivity contribution >= 4 is 45.7 Å². The summed E-state index contributed by atoms with van der Waals surface area (Å²) in [6, 6.07) is 0. The predicted molar refractivity (Wildman–Crippen MR) is 90.5 cm³/mol. The highest BCUT2D eigenvalue weighted by Gasteiger charge is 2.89. The number of hydrogen-bond donors (Lipinski definition) is 2. The largest absolute Gasteiger partial charge is 0.393 e. The van der Waals surface area contributed by atoms with E-state index in [0.717, 1.165) is 10.6 Å². The van der Waals surface area contributed by atoms with Gasteiger partial charge in [0, 0.05) is 11.5 Å². The summed E-state index contributed by atoms with van der Waals surface area (Å²) in [4.78, 5) is 29.4. The maximum absolute atomic E-state index is 13.8. The molecule has 2 aliphatic rings. The molecule has 0 bridgehead atoms. The van der Waals surface area contributed by atoms with E-state index in [0.29, 0.717) is 23.5 Å². The summed E-state index contributed by atoms with van der Waals surface area (Å²) in [5.74, 6) is -41.6. The maximum atomic E-state index is 13.8. The number of rotatable bonds is 6. The summed E-state index contributed by atoms with van der Waals surface area (Å²) in [6.45, 7) is -0.108. The number of carbonyl (C=O) groups is 2. The highest BCUT2D eigenvalue weighted by molar-refractivity contribution is 8.14. The van der Waals surface area contributed by atoms with Crippen molar-refractivity contribution in [1.29, 1.82) is 0 Å². The lowest BCUT2D eigenvalue weighted by Crippen LogP contribution is -2.72. The van der Waals surface area contributed by atoms with Crippen LogP contribution in [0.3, 0.4) is 0 Å². The monoisotopic (exact) mass is 508 g/mol. The third kappa shape index (κ3) is 4.19. The summed E-state index contributed by atoms with van der Waals surface area (Å²) < 4.78 is 138.